The van der Waals surface area contributed by atoms with Gasteiger partial charge in [0.1, 0.15) is 5.01 Å². The van der Waals surface area contributed by atoms with Crippen molar-refractivity contribution in [2.24, 2.45) is 0 Å². The molecule has 0 bridgehead atoms. The molecule has 0 aliphatic rings. The molecule has 164 valence electrons. The van der Waals surface area contributed by atoms with Crippen molar-refractivity contribution in [3.63, 3.8) is 0 Å². The van der Waals surface area contributed by atoms with E-state index in [9.17, 15) is 26.4 Å². The summed E-state index contributed by atoms with van der Waals surface area (Å²) in [5, 5.41) is 11.3. The quantitative estimate of drug-likeness (QED) is 0.547. The third kappa shape index (κ3) is 6.09. The minimum Gasteiger partial charge on any atom is -0.300 e. The smallest absolute Gasteiger partial charge is 0.300 e. The molecule has 3 aromatic rings. The predicted molar refractivity (Wildman–Crippen MR) is 110 cm³/mol. The highest BCUT2D eigenvalue weighted by Gasteiger charge is 2.31. The molecule has 1 amide bonds. The van der Waals surface area contributed by atoms with Crippen LogP contribution in [0, 0.1) is 6.92 Å². The van der Waals surface area contributed by atoms with E-state index in [-0.39, 0.29) is 18.1 Å². The zero-order chi connectivity index (χ0) is 22.6. The van der Waals surface area contributed by atoms with Crippen LogP contribution >= 0.6 is 11.3 Å². The molecule has 0 aliphatic heterocycles. The van der Waals surface area contributed by atoms with Crippen molar-refractivity contribution < 1.29 is 26.4 Å². The molecule has 0 saturated carbocycles. The van der Waals surface area contributed by atoms with E-state index in [4.69, 9.17) is 0 Å². The number of benzene rings is 2. The molecule has 0 radical (unpaired) electrons. The van der Waals surface area contributed by atoms with E-state index in [1.807, 2.05) is 31.2 Å². The number of rotatable bonds is 7. The lowest BCUT2D eigenvalue weighted by atomic mass is 10.1. The van der Waals surface area contributed by atoms with Crippen LogP contribution in [0.25, 0.3) is 10.6 Å². The van der Waals surface area contributed by atoms with Crippen LogP contribution in [-0.4, -0.2) is 31.1 Å². The van der Waals surface area contributed by atoms with Gasteiger partial charge in [0, 0.05) is 18.5 Å². The molecular formula is C19H17F3N4O3S2. The summed E-state index contributed by atoms with van der Waals surface area (Å²) in [4.78, 5) is 11.5. The van der Waals surface area contributed by atoms with Crippen LogP contribution in [0.1, 0.15) is 17.5 Å². The first-order chi connectivity index (χ1) is 14.5. The molecule has 1 aromatic heterocycles. The van der Waals surface area contributed by atoms with E-state index in [2.05, 4.69) is 20.2 Å². The molecule has 0 spiro atoms. The van der Waals surface area contributed by atoms with Gasteiger partial charge in [-0.3, -0.25) is 4.79 Å². The van der Waals surface area contributed by atoms with Gasteiger partial charge in [-0.25, -0.2) is 13.1 Å². The van der Waals surface area contributed by atoms with Gasteiger partial charge in [0.25, 0.3) is 0 Å². The monoisotopic (exact) mass is 470 g/mol. The van der Waals surface area contributed by atoms with E-state index in [1.54, 1.807) is 0 Å². The highest BCUT2D eigenvalue weighted by molar-refractivity contribution is 7.89. The fourth-order valence-electron chi connectivity index (χ4n) is 2.57. The van der Waals surface area contributed by atoms with E-state index in [0.717, 1.165) is 40.7 Å². The number of aromatic nitrogens is 2. The topological polar surface area (TPSA) is 101 Å². The number of nitrogens with zero attached hydrogens (tertiary/aromatic N) is 2. The van der Waals surface area contributed by atoms with Crippen molar-refractivity contribution >= 4 is 32.4 Å². The molecule has 0 unspecified atom stereocenters. The Balaban J connectivity index is 1.56. The van der Waals surface area contributed by atoms with Crippen molar-refractivity contribution in [3.8, 4) is 10.6 Å². The highest BCUT2D eigenvalue weighted by Crippen LogP contribution is 2.30. The number of nitrogens with one attached hydrogen (secondary N) is 2. The van der Waals surface area contributed by atoms with Crippen molar-refractivity contribution in [1.82, 2.24) is 14.9 Å². The SMILES string of the molecule is Cc1cccc(-c2nnc(NC(=O)CCNS(=O)(=O)c3cccc(C(F)(F)F)c3)s2)c1. The molecule has 12 heteroatoms. The standard InChI is InChI=1S/C19H17F3N4O3S2/c1-12-4-2-5-13(10-12)17-25-26-18(30-17)24-16(27)8-9-23-31(28,29)15-7-3-6-14(11-15)19(20,21)22/h2-7,10-11,23H,8-9H2,1H3,(H,24,26,27). The van der Waals surface area contributed by atoms with Gasteiger partial charge in [-0.05, 0) is 31.2 Å². The number of amides is 1. The van der Waals surface area contributed by atoms with Crippen molar-refractivity contribution in [3.05, 3.63) is 59.7 Å². The van der Waals surface area contributed by atoms with Gasteiger partial charge in [-0.2, -0.15) is 13.2 Å². The molecule has 0 fully saturated rings. The third-order valence-corrected chi connectivity index (χ3v) is 6.40. The second-order valence-electron chi connectivity index (χ2n) is 6.50. The maximum Gasteiger partial charge on any atom is 0.416 e. The molecule has 0 saturated heterocycles. The molecule has 2 N–H and O–H groups in total. The van der Waals surface area contributed by atoms with Crippen LogP contribution in [0.2, 0.25) is 0 Å². The summed E-state index contributed by atoms with van der Waals surface area (Å²) in [6, 6.07) is 11.0. The van der Waals surface area contributed by atoms with Crippen LogP contribution in [0.15, 0.2) is 53.4 Å². The van der Waals surface area contributed by atoms with Crippen molar-refractivity contribution in [2.45, 2.75) is 24.4 Å². The summed E-state index contributed by atoms with van der Waals surface area (Å²) in [5.41, 5.74) is 0.826. The summed E-state index contributed by atoms with van der Waals surface area (Å²) in [5.74, 6) is -0.515. The molecule has 7 nitrogen and oxygen atoms in total. The summed E-state index contributed by atoms with van der Waals surface area (Å²) < 4.78 is 64.9. The number of hydrogen-bond donors (Lipinski definition) is 2. The zero-order valence-corrected chi connectivity index (χ0v) is 17.7. The Hall–Kier alpha value is -2.83. The number of carbonyl (C=O) groups excluding carboxylic acids is 1. The number of alkyl halides is 3. The lowest BCUT2D eigenvalue weighted by Crippen LogP contribution is -2.28. The van der Waals surface area contributed by atoms with Gasteiger partial charge < -0.3 is 5.32 Å². The lowest BCUT2D eigenvalue weighted by Gasteiger charge is -2.10. The molecular weight excluding hydrogens is 453 g/mol. The van der Waals surface area contributed by atoms with Gasteiger partial charge in [-0.15, -0.1) is 10.2 Å². The van der Waals surface area contributed by atoms with E-state index in [0.29, 0.717) is 11.1 Å². The molecule has 2 aromatic carbocycles. The maximum atomic E-state index is 12.8. The van der Waals surface area contributed by atoms with Gasteiger partial charge in [0.05, 0.1) is 10.5 Å². The Bertz CT molecular complexity index is 1190. The van der Waals surface area contributed by atoms with E-state index in [1.165, 1.54) is 0 Å². The van der Waals surface area contributed by atoms with Crippen LogP contribution in [-0.2, 0) is 21.0 Å². The second-order valence-corrected chi connectivity index (χ2v) is 9.25. The molecule has 0 atom stereocenters. The fraction of sp³-hybridized carbons (Fsp3) is 0.211. The van der Waals surface area contributed by atoms with Crippen molar-refractivity contribution in [1.29, 1.82) is 0 Å². The van der Waals surface area contributed by atoms with Crippen LogP contribution in [0.5, 0.6) is 0 Å². The average Bonchev–Trinajstić information content (AvgIpc) is 3.16. The lowest BCUT2D eigenvalue weighted by molar-refractivity contribution is -0.137. The summed E-state index contributed by atoms with van der Waals surface area (Å²) in [6.45, 7) is 1.64. The Morgan fingerprint density at radius 1 is 1.10 bits per heavy atom. The Morgan fingerprint density at radius 2 is 1.84 bits per heavy atom. The first-order valence-electron chi connectivity index (χ1n) is 8.92. The summed E-state index contributed by atoms with van der Waals surface area (Å²) in [7, 11) is -4.20. The Kier molecular flexibility index (Phi) is 6.72. The Labute approximate surface area is 180 Å². The molecule has 0 aliphatic carbocycles. The molecule has 1 heterocycles. The average molecular weight is 470 g/mol. The minimum absolute atomic E-state index is 0.239. The summed E-state index contributed by atoms with van der Waals surface area (Å²) in [6.07, 6.45) is -4.90. The first-order valence-corrected chi connectivity index (χ1v) is 11.2. The largest absolute Gasteiger partial charge is 0.416 e. The second kappa shape index (κ2) is 9.12. The van der Waals surface area contributed by atoms with Gasteiger partial charge in [0.2, 0.25) is 21.1 Å². The number of sulfonamides is 1. The number of anilines is 1. The third-order valence-electron chi connectivity index (χ3n) is 4.05. The molecule has 31 heavy (non-hydrogen) atoms. The highest BCUT2D eigenvalue weighted by atomic mass is 32.2. The maximum absolute atomic E-state index is 12.8. The summed E-state index contributed by atoms with van der Waals surface area (Å²) >= 11 is 1.16. The molecule has 3 rings (SSSR count). The van der Waals surface area contributed by atoms with Crippen molar-refractivity contribution in [2.75, 3.05) is 11.9 Å². The van der Waals surface area contributed by atoms with E-state index < -0.39 is 32.6 Å². The zero-order valence-electron chi connectivity index (χ0n) is 16.1. The van der Waals surface area contributed by atoms with E-state index >= 15 is 0 Å². The number of halogens is 3. The van der Waals surface area contributed by atoms with Crippen LogP contribution < -0.4 is 10.0 Å². The number of hydrogen-bond acceptors (Lipinski definition) is 6. The normalized spacial score (nSPS) is 12.0. The van der Waals surface area contributed by atoms with Gasteiger partial charge in [0.15, 0.2) is 0 Å². The number of carbonyl (C=O) groups is 1. The number of aryl methyl sites for hydroxylation is 1. The van der Waals surface area contributed by atoms with Crippen LogP contribution in [0.3, 0.4) is 0 Å². The van der Waals surface area contributed by atoms with Gasteiger partial charge in [-0.1, -0.05) is 41.2 Å². The predicted octanol–water partition coefficient (Wildman–Crippen LogP) is 3.84. The fourth-order valence-corrected chi connectivity index (χ4v) is 4.41. The first kappa shape index (κ1) is 22.8. The van der Waals surface area contributed by atoms with Crippen LogP contribution in [0.4, 0.5) is 18.3 Å². The van der Waals surface area contributed by atoms with Gasteiger partial charge >= 0.3 is 6.18 Å². The minimum atomic E-state index is -4.66. The Morgan fingerprint density at radius 3 is 2.55 bits per heavy atom.